The second-order valence-corrected chi connectivity index (χ2v) is 7.24. The zero-order valence-corrected chi connectivity index (χ0v) is 11.3. The summed E-state index contributed by atoms with van der Waals surface area (Å²) in [6.07, 6.45) is 1.54. The Balaban J connectivity index is 2.84. The second-order valence-electron chi connectivity index (χ2n) is 3.70. The molecule has 0 aliphatic carbocycles. The molecule has 0 aromatic heterocycles. The maximum Gasteiger partial charge on any atom is 0.242 e. The Morgan fingerprint density at radius 2 is 2.00 bits per heavy atom. The standard InChI is InChI=1S/C10H16N2O3S2/c1-8(16(2)13)7-12-17(14,15)10-6-4-3-5-9(10)11/h3-6,8,12H,7,11H2,1-2H3. The van der Waals surface area contributed by atoms with E-state index in [0.717, 1.165) is 0 Å². The molecule has 5 nitrogen and oxygen atoms in total. The first-order chi connectivity index (χ1) is 7.84. The molecule has 0 fully saturated rings. The SMILES string of the molecule is CC(CNS(=O)(=O)c1ccccc1N)S(C)=O. The van der Waals surface area contributed by atoms with Gasteiger partial charge in [0.15, 0.2) is 0 Å². The van der Waals surface area contributed by atoms with E-state index in [-0.39, 0.29) is 22.4 Å². The first-order valence-electron chi connectivity index (χ1n) is 5.01. The highest BCUT2D eigenvalue weighted by Crippen LogP contribution is 2.16. The number of nitrogens with two attached hydrogens (primary N) is 1. The fourth-order valence-corrected chi connectivity index (χ4v) is 2.83. The van der Waals surface area contributed by atoms with Gasteiger partial charge >= 0.3 is 0 Å². The molecule has 2 atom stereocenters. The summed E-state index contributed by atoms with van der Waals surface area (Å²) in [4.78, 5) is 0.0501. The van der Waals surface area contributed by atoms with Crippen LogP contribution in [0.3, 0.4) is 0 Å². The van der Waals surface area contributed by atoms with Crippen LogP contribution in [0.2, 0.25) is 0 Å². The van der Waals surface area contributed by atoms with Gasteiger partial charge in [-0.05, 0) is 19.1 Å². The van der Waals surface area contributed by atoms with Gasteiger partial charge in [-0.15, -0.1) is 0 Å². The fraction of sp³-hybridized carbons (Fsp3) is 0.400. The molecule has 96 valence electrons. The summed E-state index contributed by atoms with van der Waals surface area (Å²) >= 11 is 0. The molecule has 3 N–H and O–H groups in total. The Labute approximate surface area is 104 Å². The van der Waals surface area contributed by atoms with E-state index in [1.807, 2.05) is 0 Å². The minimum Gasteiger partial charge on any atom is -0.398 e. The number of nitrogens with one attached hydrogen (secondary N) is 1. The van der Waals surface area contributed by atoms with E-state index >= 15 is 0 Å². The minimum absolute atomic E-state index is 0.0501. The largest absolute Gasteiger partial charge is 0.398 e. The van der Waals surface area contributed by atoms with Crippen LogP contribution in [0.15, 0.2) is 29.2 Å². The molecule has 17 heavy (non-hydrogen) atoms. The Morgan fingerprint density at radius 3 is 2.53 bits per heavy atom. The van der Waals surface area contributed by atoms with Gasteiger partial charge in [0.2, 0.25) is 10.0 Å². The van der Waals surface area contributed by atoms with E-state index in [1.165, 1.54) is 18.4 Å². The monoisotopic (exact) mass is 276 g/mol. The van der Waals surface area contributed by atoms with E-state index in [9.17, 15) is 12.6 Å². The summed E-state index contributed by atoms with van der Waals surface area (Å²) in [6.45, 7) is 1.84. The van der Waals surface area contributed by atoms with Crippen molar-refractivity contribution in [3.8, 4) is 0 Å². The summed E-state index contributed by atoms with van der Waals surface area (Å²) in [5, 5.41) is -0.241. The summed E-state index contributed by atoms with van der Waals surface area (Å²) in [7, 11) is -4.69. The molecule has 0 bridgehead atoms. The van der Waals surface area contributed by atoms with Crippen molar-refractivity contribution >= 4 is 26.5 Å². The zero-order valence-electron chi connectivity index (χ0n) is 9.71. The van der Waals surface area contributed by atoms with Gasteiger partial charge in [0, 0.05) is 28.9 Å². The molecule has 0 aliphatic heterocycles. The lowest BCUT2D eigenvalue weighted by Crippen LogP contribution is -2.33. The van der Waals surface area contributed by atoms with Crippen molar-refractivity contribution in [2.24, 2.45) is 0 Å². The van der Waals surface area contributed by atoms with Gasteiger partial charge in [0.1, 0.15) is 4.90 Å². The average molecular weight is 276 g/mol. The maximum atomic E-state index is 11.9. The Kier molecular flexibility index (Phi) is 4.67. The Morgan fingerprint density at radius 1 is 1.41 bits per heavy atom. The van der Waals surface area contributed by atoms with Crippen molar-refractivity contribution in [1.29, 1.82) is 0 Å². The van der Waals surface area contributed by atoms with Crippen molar-refractivity contribution in [3.63, 3.8) is 0 Å². The molecule has 0 saturated carbocycles. The molecular formula is C10H16N2O3S2. The van der Waals surface area contributed by atoms with Crippen molar-refractivity contribution in [3.05, 3.63) is 24.3 Å². The number of hydrogen-bond acceptors (Lipinski definition) is 4. The molecule has 0 spiro atoms. The van der Waals surface area contributed by atoms with Gasteiger partial charge in [0.25, 0.3) is 0 Å². The van der Waals surface area contributed by atoms with Crippen LogP contribution in [-0.4, -0.2) is 30.7 Å². The number of sulfonamides is 1. The third kappa shape index (κ3) is 3.79. The van der Waals surface area contributed by atoms with E-state index in [0.29, 0.717) is 0 Å². The van der Waals surface area contributed by atoms with Crippen LogP contribution in [0.25, 0.3) is 0 Å². The molecule has 0 saturated heterocycles. The minimum atomic E-state index is -3.63. The van der Waals surface area contributed by atoms with E-state index in [1.54, 1.807) is 19.1 Å². The molecule has 2 unspecified atom stereocenters. The molecule has 1 rings (SSSR count). The smallest absolute Gasteiger partial charge is 0.242 e. The number of nitrogen functional groups attached to an aromatic ring is 1. The average Bonchev–Trinajstić information content (AvgIpc) is 2.26. The molecule has 0 radical (unpaired) electrons. The number of rotatable bonds is 5. The molecule has 1 aromatic carbocycles. The third-order valence-electron chi connectivity index (χ3n) is 2.34. The summed E-state index contributed by atoms with van der Waals surface area (Å²) in [6, 6.07) is 6.23. The molecule has 0 heterocycles. The van der Waals surface area contributed by atoms with E-state index < -0.39 is 20.8 Å². The summed E-state index contributed by atoms with van der Waals surface area (Å²) in [5.41, 5.74) is 5.79. The van der Waals surface area contributed by atoms with Gasteiger partial charge in [-0.2, -0.15) is 0 Å². The van der Waals surface area contributed by atoms with Crippen LogP contribution < -0.4 is 10.5 Å². The number of benzene rings is 1. The number of para-hydroxylation sites is 1. The molecule has 7 heteroatoms. The Hall–Kier alpha value is -0.920. The third-order valence-corrected chi connectivity index (χ3v) is 5.13. The fourth-order valence-electron chi connectivity index (χ4n) is 1.15. The second kappa shape index (κ2) is 5.61. The van der Waals surface area contributed by atoms with Crippen molar-refractivity contribution in [2.45, 2.75) is 17.1 Å². The van der Waals surface area contributed by atoms with Gasteiger partial charge in [0.05, 0.1) is 5.69 Å². The lowest BCUT2D eigenvalue weighted by atomic mass is 10.3. The van der Waals surface area contributed by atoms with Crippen LogP contribution in [0.4, 0.5) is 5.69 Å². The topological polar surface area (TPSA) is 89.3 Å². The molecule has 0 amide bonds. The van der Waals surface area contributed by atoms with Crippen molar-refractivity contribution in [2.75, 3.05) is 18.5 Å². The molecule has 0 aliphatic rings. The van der Waals surface area contributed by atoms with Crippen LogP contribution in [0.1, 0.15) is 6.92 Å². The van der Waals surface area contributed by atoms with Gasteiger partial charge in [-0.3, -0.25) is 4.21 Å². The van der Waals surface area contributed by atoms with Crippen LogP contribution in [0, 0.1) is 0 Å². The highest BCUT2D eigenvalue weighted by atomic mass is 32.2. The molecular weight excluding hydrogens is 260 g/mol. The predicted molar refractivity (Wildman–Crippen MR) is 69.6 cm³/mol. The summed E-state index contributed by atoms with van der Waals surface area (Å²) < 4.78 is 37.3. The summed E-state index contributed by atoms with van der Waals surface area (Å²) in [5.74, 6) is 0. The van der Waals surface area contributed by atoms with Crippen molar-refractivity contribution < 1.29 is 12.6 Å². The first kappa shape index (κ1) is 14.1. The van der Waals surface area contributed by atoms with Crippen molar-refractivity contribution in [1.82, 2.24) is 4.72 Å². The predicted octanol–water partition coefficient (Wildman–Crippen LogP) is 0.314. The Bertz CT molecular complexity index is 514. The maximum absolute atomic E-state index is 11.9. The normalized spacial score (nSPS) is 15.4. The van der Waals surface area contributed by atoms with Crippen LogP contribution in [0.5, 0.6) is 0 Å². The van der Waals surface area contributed by atoms with Gasteiger partial charge in [-0.1, -0.05) is 12.1 Å². The number of hydrogen-bond donors (Lipinski definition) is 2. The van der Waals surface area contributed by atoms with Gasteiger partial charge in [-0.25, -0.2) is 13.1 Å². The van der Waals surface area contributed by atoms with Crippen LogP contribution in [-0.2, 0) is 20.8 Å². The highest BCUT2D eigenvalue weighted by molar-refractivity contribution is 7.89. The lowest BCUT2D eigenvalue weighted by molar-refractivity contribution is 0.581. The van der Waals surface area contributed by atoms with Gasteiger partial charge < -0.3 is 5.73 Å². The van der Waals surface area contributed by atoms with E-state index in [4.69, 9.17) is 5.73 Å². The lowest BCUT2D eigenvalue weighted by Gasteiger charge is -2.11. The van der Waals surface area contributed by atoms with Crippen LogP contribution >= 0.6 is 0 Å². The zero-order chi connectivity index (χ0) is 13.1. The highest BCUT2D eigenvalue weighted by Gasteiger charge is 2.18. The molecule has 1 aromatic rings. The first-order valence-corrected chi connectivity index (χ1v) is 8.11. The van der Waals surface area contributed by atoms with E-state index in [2.05, 4.69) is 4.72 Å². The quantitative estimate of drug-likeness (QED) is 0.758. The number of anilines is 1.